The molecule has 4 rings (SSSR count). The van der Waals surface area contributed by atoms with Crippen molar-refractivity contribution in [3.8, 4) is 0 Å². The molecule has 3 N–H and O–H groups in total. The maximum Gasteiger partial charge on any atom is 0.183 e. The molecule has 1 aliphatic rings. The minimum atomic E-state index is 0.171. The van der Waals surface area contributed by atoms with Crippen molar-refractivity contribution in [2.75, 3.05) is 12.3 Å². The average Bonchev–Trinajstić information content (AvgIpc) is 3.27. The topological polar surface area (TPSA) is 102 Å². The molecule has 4 heterocycles. The summed E-state index contributed by atoms with van der Waals surface area (Å²) in [7, 11) is 0. The van der Waals surface area contributed by atoms with Gasteiger partial charge in [0.05, 0.1) is 18.1 Å². The van der Waals surface area contributed by atoms with E-state index in [9.17, 15) is 0 Å². The van der Waals surface area contributed by atoms with Crippen LogP contribution in [-0.4, -0.2) is 41.2 Å². The van der Waals surface area contributed by atoms with Crippen LogP contribution >= 0.6 is 0 Å². The smallest absolute Gasteiger partial charge is 0.183 e. The van der Waals surface area contributed by atoms with Gasteiger partial charge in [0, 0.05) is 19.3 Å². The van der Waals surface area contributed by atoms with E-state index in [-0.39, 0.29) is 6.04 Å². The number of hydrogen-bond acceptors (Lipinski definition) is 6. The van der Waals surface area contributed by atoms with Crippen LogP contribution in [0.2, 0.25) is 0 Å². The van der Waals surface area contributed by atoms with Crippen LogP contribution in [0.15, 0.2) is 18.6 Å². The number of H-pyrrole nitrogens is 1. The summed E-state index contributed by atoms with van der Waals surface area (Å²) in [4.78, 5) is 18.7. The lowest BCUT2D eigenvalue weighted by atomic mass is 10.2. The summed E-state index contributed by atoms with van der Waals surface area (Å²) in [5, 5.41) is 4.57. The minimum Gasteiger partial charge on any atom is -0.382 e. The number of likely N-dealkylation sites (tertiary alicyclic amines) is 1. The predicted molar refractivity (Wildman–Crippen MR) is 86.4 cm³/mol. The third-order valence-electron chi connectivity index (χ3n) is 4.38. The van der Waals surface area contributed by atoms with Gasteiger partial charge in [-0.05, 0) is 32.4 Å². The lowest BCUT2D eigenvalue weighted by Crippen LogP contribution is -2.25. The molecular weight excluding hydrogens is 292 g/mol. The number of aromatic amines is 1. The number of aromatic nitrogens is 6. The number of nitrogens with one attached hydrogen (secondary N) is 1. The van der Waals surface area contributed by atoms with Crippen molar-refractivity contribution >= 4 is 17.0 Å². The van der Waals surface area contributed by atoms with E-state index in [2.05, 4.69) is 42.9 Å². The van der Waals surface area contributed by atoms with Gasteiger partial charge < -0.3 is 10.7 Å². The minimum absolute atomic E-state index is 0.171. The third kappa shape index (κ3) is 2.55. The first-order valence-corrected chi connectivity index (χ1v) is 7.97. The second-order valence-corrected chi connectivity index (χ2v) is 5.86. The van der Waals surface area contributed by atoms with Crippen molar-refractivity contribution in [2.24, 2.45) is 0 Å². The monoisotopic (exact) mass is 312 g/mol. The lowest BCUT2D eigenvalue weighted by molar-refractivity contribution is 0.237. The largest absolute Gasteiger partial charge is 0.382 e. The Morgan fingerprint density at radius 3 is 3.13 bits per heavy atom. The fraction of sp³-hybridized carbons (Fsp3) is 0.467. The molecule has 0 aliphatic carbocycles. The predicted octanol–water partition coefficient (Wildman–Crippen LogP) is 1.49. The van der Waals surface area contributed by atoms with Crippen LogP contribution in [0.3, 0.4) is 0 Å². The van der Waals surface area contributed by atoms with Crippen LogP contribution in [0.4, 0.5) is 5.82 Å². The van der Waals surface area contributed by atoms with Crippen molar-refractivity contribution in [2.45, 2.75) is 38.9 Å². The normalized spacial score (nSPS) is 18.9. The highest BCUT2D eigenvalue weighted by Gasteiger charge is 2.29. The number of rotatable bonds is 4. The zero-order valence-corrected chi connectivity index (χ0v) is 13.1. The number of nitrogens with two attached hydrogens (primary N) is 1. The van der Waals surface area contributed by atoms with Gasteiger partial charge in [0.15, 0.2) is 17.3 Å². The number of fused-ring (bicyclic) bond motifs is 1. The van der Waals surface area contributed by atoms with Crippen LogP contribution in [0.25, 0.3) is 11.2 Å². The van der Waals surface area contributed by atoms with E-state index in [0.29, 0.717) is 17.0 Å². The number of nitrogens with zero attached hydrogens (tertiary/aromatic N) is 6. The molecule has 1 saturated heterocycles. The summed E-state index contributed by atoms with van der Waals surface area (Å²) in [6, 6.07) is 2.25. The fourth-order valence-electron chi connectivity index (χ4n) is 3.20. The van der Waals surface area contributed by atoms with E-state index in [1.165, 1.54) is 0 Å². The van der Waals surface area contributed by atoms with E-state index in [1.54, 1.807) is 6.33 Å². The van der Waals surface area contributed by atoms with E-state index in [4.69, 9.17) is 5.73 Å². The molecule has 8 heteroatoms. The molecule has 1 fully saturated rings. The molecule has 0 saturated carbocycles. The Bertz CT molecular complexity index is 820. The van der Waals surface area contributed by atoms with Gasteiger partial charge in [0.2, 0.25) is 0 Å². The number of nitrogen functional groups attached to an aromatic ring is 1. The van der Waals surface area contributed by atoms with Gasteiger partial charge in [-0.3, -0.25) is 9.58 Å². The van der Waals surface area contributed by atoms with E-state index in [0.717, 1.165) is 44.0 Å². The van der Waals surface area contributed by atoms with Gasteiger partial charge in [0.25, 0.3) is 0 Å². The Morgan fingerprint density at radius 1 is 1.39 bits per heavy atom. The molecule has 1 unspecified atom stereocenters. The Kier molecular flexibility index (Phi) is 3.45. The van der Waals surface area contributed by atoms with Gasteiger partial charge in [-0.25, -0.2) is 15.0 Å². The Labute approximate surface area is 133 Å². The van der Waals surface area contributed by atoms with Gasteiger partial charge in [-0.1, -0.05) is 0 Å². The highest BCUT2D eigenvalue weighted by atomic mass is 15.3. The van der Waals surface area contributed by atoms with Gasteiger partial charge >= 0.3 is 0 Å². The standard InChI is InChI=1S/C15H20N8/c1-2-23-7-5-10(21-23)8-22-6-3-4-11(22)14-19-13(16)12-15(20-14)18-9-17-12/h5,7,9,11H,2-4,6,8H2,1H3,(H3,16,17,18,19,20). The van der Waals surface area contributed by atoms with E-state index >= 15 is 0 Å². The summed E-state index contributed by atoms with van der Waals surface area (Å²) in [6.45, 7) is 4.80. The summed E-state index contributed by atoms with van der Waals surface area (Å²) >= 11 is 0. The summed E-state index contributed by atoms with van der Waals surface area (Å²) < 4.78 is 1.95. The zero-order chi connectivity index (χ0) is 15.8. The quantitative estimate of drug-likeness (QED) is 0.757. The molecule has 0 spiro atoms. The van der Waals surface area contributed by atoms with E-state index in [1.807, 2.05) is 10.9 Å². The number of anilines is 1. The Morgan fingerprint density at radius 2 is 2.30 bits per heavy atom. The fourth-order valence-corrected chi connectivity index (χ4v) is 3.20. The van der Waals surface area contributed by atoms with Crippen LogP contribution in [-0.2, 0) is 13.1 Å². The van der Waals surface area contributed by atoms with Crippen molar-refractivity contribution in [1.82, 2.24) is 34.6 Å². The molecule has 0 radical (unpaired) electrons. The molecule has 3 aromatic rings. The molecule has 23 heavy (non-hydrogen) atoms. The Hall–Kier alpha value is -2.48. The van der Waals surface area contributed by atoms with Crippen LogP contribution in [0.5, 0.6) is 0 Å². The Balaban J connectivity index is 1.60. The number of aryl methyl sites for hydroxylation is 1. The molecule has 0 amide bonds. The van der Waals surface area contributed by atoms with Gasteiger partial charge in [-0.15, -0.1) is 0 Å². The second kappa shape index (κ2) is 5.62. The second-order valence-electron chi connectivity index (χ2n) is 5.86. The maximum absolute atomic E-state index is 6.03. The molecule has 0 aromatic carbocycles. The molecule has 0 bridgehead atoms. The van der Waals surface area contributed by atoms with Crippen molar-refractivity contribution in [3.05, 3.63) is 30.1 Å². The molecule has 120 valence electrons. The average molecular weight is 312 g/mol. The molecular formula is C15H20N8. The first kappa shape index (κ1) is 14.1. The first-order valence-electron chi connectivity index (χ1n) is 7.97. The van der Waals surface area contributed by atoms with Crippen molar-refractivity contribution < 1.29 is 0 Å². The highest BCUT2D eigenvalue weighted by Crippen LogP contribution is 2.32. The molecule has 3 aromatic heterocycles. The maximum atomic E-state index is 6.03. The molecule has 1 atom stereocenters. The third-order valence-corrected chi connectivity index (χ3v) is 4.38. The van der Waals surface area contributed by atoms with Crippen molar-refractivity contribution in [1.29, 1.82) is 0 Å². The van der Waals surface area contributed by atoms with Crippen LogP contribution in [0, 0.1) is 0 Å². The van der Waals surface area contributed by atoms with Crippen molar-refractivity contribution in [3.63, 3.8) is 0 Å². The summed E-state index contributed by atoms with van der Waals surface area (Å²) in [5.74, 6) is 1.22. The van der Waals surface area contributed by atoms with Gasteiger partial charge in [-0.2, -0.15) is 5.10 Å². The van der Waals surface area contributed by atoms with Gasteiger partial charge in [0.1, 0.15) is 5.52 Å². The number of hydrogen-bond donors (Lipinski definition) is 2. The molecule has 8 nitrogen and oxygen atoms in total. The highest BCUT2D eigenvalue weighted by molar-refractivity contribution is 5.80. The van der Waals surface area contributed by atoms with Crippen LogP contribution in [0.1, 0.15) is 37.3 Å². The van der Waals surface area contributed by atoms with Crippen LogP contribution < -0.4 is 5.73 Å². The SMILES string of the molecule is CCn1ccc(CN2CCCC2c2nc(N)c3[nH]cnc3n2)n1. The molecule has 1 aliphatic heterocycles. The number of imidazole rings is 1. The summed E-state index contributed by atoms with van der Waals surface area (Å²) in [6.07, 6.45) is 5.78. The lowest BCUT2D eigenvalue weighted by Gasteiger charge is -2.22. The first-order chi connectivity index (χ1) is 11.2. The zero-order valence-electron chi connectivity index (χ0n) is 13.1. The summed E-state index contributed by atoms with van der Waals surface area (Å²) in [5.41, 5.74) is 8.45. The van der Waals surface area contributed by atoms with E-state index < -0.39 is 0 Å².